The lowest BCUT2D eigenvalue weighted by atomic mass is 10.1. The number of aromatic nitrogens is 5. The van der Waals surface area contributed by atoms with Crippen molar-refractivity contribution in [3.8, 4) is 22.6 Å². The number of primary amides is 1. The van der Waals surface area contributed by atoms with Gasteiger partial charge < -0.3 is 15.4 Å². The molecule has 0 bridgehead atoms. The van der Waals surface area contributed by atoms with Crippen LogP contribution in [0, 0.1) is 5.82 Å². The van der Waals surface area contributed by atoms with Crippen molar-refractivity contribution in [2.75, 3.05) is 6.61 Å². The van der Waals surface area contributed by atoms with Crippen LogP contribution < -0.4 is 5.73 Å². The fraction of sp³-hybridized carbons (Fsp3) is 0.158. The Morgan fingerprint density at radius 3 is 2.64 bits per heavy atom. The summed E-state index contributed by atoms with van der Waals surface area (Å²) in [6.45, 7) is 0.244. The molecule has 4 rings (SSSR count). The van der Waals surface area contributed by atoms with Crippen LogP contribution in [0.25, 0.3) is 28.3 Å². The van der Waals surface area contributed by atoms with Gasteiger partial charge in [-0.3, -0.25) is 4.79 Å². The van der Waals surface area contributed by atoms with Crippen molar-refractivity contribution in [1.29, 1.82) is 0 Å². The fourth-order valence-electron chi connectivity index (χ4n) is 3.09. The molecule has 0 aliphatic heterocycles. The number of amides is 1. The molecule has 0 fully saturated rings. The number of aliphatic hydroxyl groups is 1. The minimum absolute atomic E-state index is 0.0122. The summed E-state index contributed by atoms with van der Waals surface area (Å²) in [6, 6.07) is 9.56. The number of fused-ring (bicyclic) bond motifs is 1. The molecule has 142 valence electrons. The van der Waals surface area contributed by atoms with E-state index in [0.717, 1.165) is 5.56 Å². The molecule has 0 radical (unpaired) electrons. The van der Waals surface area contributed by atoms with Crippen molar-refractivity contribution in [1.82, 2.24) is 24.1 Å². The number of imidazole rings is 2. The van der Waals surface area contributed by atoms with Crippen LogP contribution in [0.3, 0.4) is 0 Å². The number of nitrogens with two attached hydrogens (primary N) is 1. The van der Waals surface area contributed by atoms with Gasteiger partial charge in [-0.25, -0.2) is 18.9 Å². The molecule has 8 nitrogen and oxygen atoms in total. The van der Waals surface area contributed by atoms with Gasteiger partial charge in [-0.2, -0.15) is 5.10 Å². The van der Waals surface area contributed by atoms with Crippen molar-refractivity contribution >= 4 is 11.6 Å². The first-order valence-corrected chi connectivity index (χ1v) is 8.61. The average molecular weight is 380 g/mol. The number of hydrogen-bond acceptors (Lipinski definition) is 5. The molecule has 9 heteroatoms. The van der Waals surface area contributed by atoms with Crippen LogP contribution in [-0.4, -0.2) is 41.8 Å². The van der Waals surface area contributed by atoms with Crippen LogP contribution in [-0.2, 0) is 17.8 Å². The first-order valence-electron chi connectivity index (χ1n) is 8.61. The Hall–Kier alpha value is -3.59. The SMILES string of the molecule is NC(=O)Cc1cnc2ccc(-c3c(-c4ccc(F)cc4)ncn3CCO)nn12. The summed E-state index contributed by atoms with van der Waals surface area (Å²) in [7, 11) is 0. The lowest BCUT2D eigenvalue weighted by Crippen LogP contribution is -2.15. The third kappa shape index (κ3) is 3.23. The van der Waals surface area contributed by atoms with E-state index in [4.69, 9.17) is 5.73 Å². The van der Waals surface area contributed by atoms with Crippen LogP contribution in [0.15, 0.2) is 48.9 Å². The quantitative estimate of drug-likeness (QED) is 0.525. The molecule has 3 aromatic heterocycles. The summed E-state index contributed by atoms with van der Waals surface area (Å²) in [4.78, 5) is 20.0. The van der Waals surface area contributed by atoms with Gasteiger partial charge in [-0.05, 0) is 36.4 Å². The number of halogens is 1. The third-order valence-electron chi connectivity index (χ3n) is 4.33. The molecule has 1 amide bonds. The van der Waals surface area contributed by atoms with Crippen molar-refractivity contribution in [2.24, 2.45) is 5.73 Å². The Kier molecular flexibility index (Phi) is 4.58. The van der Waals surface area contributed by atoms with Gasteiger partial charge >= 0.3 is 0 Å². The number of aliphatic hydroxyl groups excluding tert-OH is 1. The van der Waals surface area contributed by atoms with Gasteiger partial charge in [0.15, 0.2) is 5.65 Å². The Morgan fingerprint density at radius 1 is 1.14 bits per heavy atom. The highest BCUT2D eigenvalue weighted by Crippen LogP contribution is 2.30. The van der Waals surface area contributed by atoms with Crippen molar-refractivity contribution in [3.63, 3.8) is 0 Å². The highest BCUT2D eigenvalue weighted by atomic mass is 19.1. The predicted octanol–water partition coefficient (Wildman–Crippen LogP) is 1.42. The van der Waals surface area contributed by atoms with Crippen LogP contribution in [0.2, 0.25) is 0 Å². The van der Waals surface area contributed by atoms with E-state index in [-0.39, 0.29) is 18.8 Å². The number of hydrogen-bond donors (Lipinski definition) is 2. The van der Waals surface area contributed by atoms with E-state index in [1.54, 1.807) is 45.9 Å². The average Bonchev–Trinajstić information content (AvgIpc) is 3.26. The van der Waals surface area contributed by atoms with Gasteiger partial charge in [0.2, 0.25) is 5.91 Å². The van der Waals surface area contributed by atoms with Gasteiger partial charge in [-0.1, -0.05) is 0 Å². The molecule has 0 aliphatic rings. The number of rotatable bonds is 6. The van der Waals surface area contributed by atoms with Gasteiger partial charge in [0.1, 0.15) is 11.5 Å². The highest BCUT2D eigenvalue weighted by molar-refractivity contribution is 5.78. The smallest absolute Gasteiger partial charge is 0.223 e. The molecule has 1 aromatic carbocycles. The number of carbonyl (C=O) groups is 1. The first kappa shape index (κ1) is 17.8. The Balaban J connectivity index is 1.88. The van der Waals surface area contributed by atoms with Crippen LogP contribution in [0.5, 0.6) is 0 Å². The van der Waals surface area contributed by atoms with E-state index in [2.05, 4.69) is 15.1 Å². The van der Waals surface area contributed by atoms with Gasteiger partial charge in [0, 0.05) is 12.1 Å². The molecule has 0 atom stereocenters. The van der Waals surface area contributed by atoms with E-state index in [1.165, 1.54) is 12.1 Å². The van der Waals surface area contributed by atoms with E-state index < -0.39 is 5.91 Å². The molecule has 0 saturated heterocycles. The van der Waals surface area contributed by atoms with E-state index in [0.29, 0.717) is 35.0 Å². The van der Waals surface area contributed by atoms with Gasteiger partial charge in [0.05, 0.1) is 42.6 Å². The second-order valence-corrected chi connectivity index (χ2v) is 6.25. The number of carbonyl (C=O) groups excluding carboxylic acids is 1. The minimum atomic E-state index is -0.480. The zero-order valence-corrected chi connectivity index (χ0v) is 14.8. The summed E-state index contributed by atoms with van der Waals surface area (Å²) >= 11 is 0. The second-order valence-electron chi connectivity index (χ2n) is 6.25. The minimum Gasteiger partial charge on any atom is -0.395 e. The third-order valence-corrected chi connectivity index (χ3v) is 4.33. The normalized spacial score (nSPS) is 11.2. The maximum atomic E-state index is 13.3. The maximum absolute atomic E-state index is 13.3. The van der Waals surface area contributed by atoms with Crippen molar-refractivity contribution in [3.05, 3.63) is 60.4 Å². The Morgan fingerprint density at radius 2 is 1.93 bits per heavy atom. The monoisotopic (exact) mass is 380 g/mol. The first-order chi connectivity index (χ1) is 13.6. The molecular weight excluding hydrogens is 363 g/mol. The van der Waals surface area contributed by atoms with Crippen molar-refractivity contribution < 1.29 is 14.3 Å². The summed E-state index contributed by atoms with van der Waals surface area (Å²) < 4.78 is 16.7. The summed E-state index contributed by atoms with van der Waals surface area (Å²) in [5.74, 6) is -0.819. The fourth-order valence-corrected chi connectivity index (χ4v) is 3.09. The number of nitrogens with zero attached hydrogens (tertiary/aromatic N) is 5. The topological polar surface area (TPSA) is 111 Å². The van der Waals surface area contributed by atoms with Crippen LogP contribution in [0.4, 0.5) is 4.39 Å². The highest BCUT2D eigenvalue weighted by Gasteiger charge is 2.18. The summed E-state index contributed by atoms with van der Waals surface area (Å²) in [6.07, 6.45) is 3.18. The van der Waals surface area contributed by atoms with Crippen LogP contribution >= 0.6 is 0 Å². The maximum Gasteiger partial charge on any atom is 0.223 e. The number of benzene rings is 1. The lowest BCUT2D eigenvalue weighted by Gasteiger charge is -2.10. The molecule has 0 aliphatic carbocycles. The largest absolute Gasteiger partial charge is 0.395 e. The lowest BCUT2D eigenvalue weighted by molar-refractivity contribution is -0.117. The second kappa shape index (κ2) is 7.20. The molecule has 3 N–H and O–H groups in total. The van der Waals surface area contributed by atoms with Crippen molar-refractivity contribution in [2.45, 2.75) is 13.0 Å². The molecular formula is C19H17FN6O2. The zero-order chi connectivity index (χ0) is 19.7. The standard InChI is InChI=1S/C19H17FN6O2/c20-13-3-1-12(2-4-13)18-19(25(7-8-27)11-23-18)15-5-6-17-22-10-14(9-16(21)28)26(17)24-15/h1-6,10-11,27H,7-9H2,(H2,21,28). The van der Waals surface area contributed by atoms with E-state index in [1.807, 2.05) is 0 Å². The summed E-state index contributed by atoms with van der Waals surface area (Å²) in [5.41, 5.74) is 9.02. The van der Waals surface area contributed by atoms with Gasteiger partial charge in [-0.15, -0.1) is 0 Å². The molecule has 0 spiro atoms. The summed E-state index contributed by atoms with van der Waals surface area (Å²) in [5, 5.41) is 14.0. The Bertz CT molecular complexity index is 1150. The molecule has 28 heavy (non-hydrogen) atoms. The molecule has 3 heterocycles. The van der Waals surface area contributed by atoms with E-state index in [9.17, 15) is 14.3 Å². The molecule has 0 unspecified atom stereocenters. The van der Waals surface area contributed by atoms with E-state index >= 15 is 0 Å². The predicted molar refractivity (Wildman–Crippen MR) is 99.6 cm³/mol. The Labute approximate surface area is 159 Å². The molecule has 0 saturated carbocycles. The van der Waals surface area contributed by atoms with Crippen LogP contribution in [0.1, 0.15) is 5.69 Å². The molecule has 4 aromatic rings. The van der Waals surface area contributed by atoms with Gasteiger partial charge in [0.25, 0.3) is 0 Å². The zero-order valence-electron chi connectivity index (χ0n) is 14.8.